The summed E-state index contributed by atoms with van der Waals surface area (Å²) in [6.45, 7) is 2.08. The zero-order chi connectivity index (χ0) is 15.8. The van der Waals surface area contributed by atoms with Crippen LogP contribution in [0, 0.1) is 6.92 Å². The Kier molecular flexibility index (Phi) is 3.36. The van der Waals surface area contributed by atoms with Crippen molar-refractivity contribution >= 4 is 17.2 Å². The quantitative estimate of drug-likeness (QED) is 0.519. The molecule has 2 heterocycles. The lowest BCUT2D eigenvalue weighted by atomic mass is 10.1. The van der Waals surface area contributed by atoms with E-state index in [1.807, 2.05) is 47.2 Å². The number of hydrogen-bond acceptors (Lipinski definition) is 2. The third-order valence-corrected chi connectivity index (χ3v) is 4.12. The molecule has 0 spiro atoms. The van der Waals surface area contributed by atoms with Gasteiger partial charge >= 0.3 is 0 Å². The Morgan fingerprint density at radius 3 is 2.57 bits per heavy atom. The van der Waals surface area contributed by atoms with Gasteiger partial charge in [-0.05, 0) is 30.7 Å². The number of halogens is 1. The molecule has 2 aromatic carbocycles. The molecular weight excluding hydrogens is 306 g/mol. The molecule has 23 heavy (non-hydrogen) atoms. The minimum atomic E-state index is 0.705. The molecule has 2 aromatic heterocycles. The fraction of sp³-hybridized carbons (Fsp3) is 0.0526. The highest BCUT2D eigenvalue weighted by molar-refractivity contribution is 6.30. The Labute approximate surface area is 139 Å². The molecule has 4 aromatic rings. The van der Waals surface area contributed by atoms with Gasteiger partial charge in [0.05, 0.1) is 11.9 Å². The van der Waals surface area contributed by atoms with Crippen molar-refractivity contribution in [3.05, 3.63) is 77.6 Å². The molecular formula is C19H14ClN3. The van der Waals surface area contributed by atoms with Crippen LogP contribution < -0.4 is 0 Å². The van der Waals surface area contributed by atoms with Crippen LogP contribution in [-0.2, 0) is 0 Å². The SMILES string of the molecule is Cc1ccc(-c2ccnc3c(-c4cccc(Cl)c4)cnn23)cc1. The van der Waals surface area contributed by atoms with Crippen LogP contribution in [0.4, 0.5) is 0 Å². The predicted octanol–water partition coefficient (Wildman–Crippen LogP) is 5.03. The van der Waals surface area contributed by atoms with Gasteiger partial charge in [-0.25, -0.2) is 9.50 Å². The summed E-state index contributed by atoms with van der Waals surface area (Å²) in [6.07, 6.45) is 3.66. The summed E-state index contributed by atoms with van der Waals surface area (Å²) in [4.78, 5) is 4.51. The number of hydrogen-bond donors (Lipinski definition) is 0. The molecule has 0 saturated heterocycles. The number of rotatable bonds is 2. The summed E-state index contributed by atoms with van der Waals surface area (Å²) in [5.74, 6) is 0. The van der Waals surface area contributed by atoms with Gasteiger partial charge in [0.25, 0.3) is 0 Å². The van der Waals surface area contributed by atoms with E-state index in [2.05, 4.69) is 41.3 Å². The number of aromatic nitrogens is 3. The lowest BCUT2D eigenvalue weighted by Crippen LogP contribution is -1.95. The maximum Gasteiger partial charge on any atom is 0.163 e. The molecule has 0 radical (unpaired) electrons. The molecule has 0 fully saturated rings. The van der Waals surface area contributed by atoms with E-state index < -0.39 is 0 Å². The van der Waals surface area contributed by atoms with Crippen molar-refractivity contribution in [3.8, 4) is 22.4 Å². The van der Waals surface area contributed by atoms with Crippen LogP contribution in [0.5, 0.6) is 0 Å². The first-order valence-corrected chi connectivity index (χ1v) is 7.76. The number of nitrogens with zero attached hydrogens (tertiary/aromatic N) is 3. The molecule has 0 aliphatic heterocycles. The highest BCUT2D eigenvalue weighted by Crippen LogP contribution is 2.28. The van der Waals surface area contributed by atoms with E-state index in [4.69, 9.17) is 11.6 Å². The zero-order valence-electron chi connectivity index (χ0n) is 12.6. The lowest BCUT2D eigenvalue weighted by Gasteiger charge is -2.06. The second kappa shape index (κ2) is 5.52. The highest BCUT2D eigenvalue weighted by Gasteiger charge is 2.11. The van der Waals surface area contributed by atoms with Crippen LogP contribution in [0.15, 0.2) is 67.0 Å². The molecule has 4 rings (SSSR count). The Bertz CT molecular complexity index is 987. The first-order valence-electron chi connectivity index (χ1n) is 7.38. The average Bonchev–Trinajstić information content (AvgIpc) is 3.00. The Balaban J connectivity index is 1.91. The van der Waals surface area contributed by atoms with Crippen LogP contribution in [0.3, 0.4) is 0 Å². The van der Waals surface area contributed by atoms with Crippen molar-refractivity contribution in [3.63, 3.8) is 0 Å². The fourth-order valence-corrected chi connectivity index (χ4v) is 2.88. The molecule has 0 aliphatic carbocycles. The Morgan fingerprint density at radius 2 is 1.78 bits per heavy atom. The van der Waals surface area contributed by atoms with Gasteiger partial charge in [0.1, 0.15) is 0 Å². The standard InChI is InChI=1S/C19H14ClN3/c1-13-5-7-14(8-6-13)18-9-10-21-19-17(12-22-23(18)19)15-3-2-4-16(20)11-15/h2-12H,1H3. The summed E-state index contributed by atoms with van der Waals surface area (Å²) in [7, 11) is 0. The summed E-state index contributed by atoms with van der Waals surface area (Å²) in [5.41, 5.74) is 6.18. The predicted molar refractivity (Wildman–Crippen MR) is 93.6 cm³/mol. The fourth-order valence-electron chi connectivity index (χ4n) is 2.69. The van der Waals surface area contributed by atoms with Crippen LogP contribution in [-0.4, -0.2) is 14.6 Å². The summed E-state index contributed by atoms with van der Waals surface area (Å²) in [5, 5.41) is 5.24. The van der Waals surface area contributed by atoms with Crippen LogP contribution >= 0.6 is 11.6 Å². The van der Waals surface area contributed by atoms with Crippen molar-refractivity contribution in [2.24, 2.45) is 0 Å². The van der Waals surface area contributed by atoms with E-state index in [0.29, 0.717) is 5.02 Å². The van der Waals surface area contributed by atoms with Crippen molar-refractivity contribution in [2.45, 2.75) is 6.92 Å². The second-order valence-electron chi connectivity index (χ2n) is 5.50. The lowest BCUT2D eigenvalue weighted by molar-refractivity contribution is 0.948. The van der Waals surface area contributed by atoms with E-state index in [0.717, 1.165) is 28.0 Å². The maximum atomic E-state index is 6.11. The molecule has 112 valence electrons. The summed E-state index contributed by atoms with van der Waals surface area (Å²) < 4.78 is 1.88. The molecule has 0 amide bonds. The van der Waals surface area contributed by atoms with Crippen molar-refractivity contribution in [1.29, 1.82) is 0 Å². The van der Waals surface area contributed by atoms with Gasteiger partial charge < -0.3 is 0 Å². The topological polar surface area (TPSA) is 30.2 Å². The molecule has 4 heteroatoms. The number of benzene rings is 2. The van der Waals surface area contributed by atoms with E-state index in [-0.39, 0.29) is 0 Å². The molecule has 3 nitrogen and oxygen atoms in total. The zero-order valence-corrected chi connectivity index (χ0v) is 13.3. The Hall–Kier alpha value is -2.65. The van der Waals surface area contributed by atoms with Gasteiger partial charge in [-0.1, -0.05) is 53.6 Å². The highest BCUT2D eigenvalue weighted by atomic mass is 35.5. The summed E-state index contributed by atoms with van der Waals surface area (Å²) >= 11 is 6.11. The third-order valence-electron chi connectivity index (χ3n) is 3.88. The van der Waals surface area contributed by atoms with Gasteiger partial charge in [-0.15, -0.1) is 0 Å². The van der Waals surface area contributed by atoms with Gasteiger partial charge in [-0.2, -0.15) is 5.10 Å². The molecule has 0 atom stereocenters. The van der Waals surface area contributed by atoms with Crippen molar-refractivity contribution in [1.82, 2.24) is 14.6 Å². The third kappa shape index (κ3) is 2.49. The van der Waals surface area contributed by atoms with E-state index >= 15 is 0 Å². The van der Waals surface area contributed by atoms with Crippen LogP contribution in [0.25, 0.3) is 28.0 Å². The maximum absolute atomic E-state index is 6.11. The monoisotopic (exact) mass is 319 g/mol. The number of aryl methyl sites for hydroxylation is 1. The van der Waals surface area contributed by atoms with Crippen LogP contribution in [0.2, 0.25) is 5.02 Å². The normalized spacial score (nSPS) is 11.0. The van der Waals surface area contributed by atoms with E-state index in [1.165, 1.54) is 5.56 Å². The van der Waals surface area contributed by atoms with E-state index in [9.17, 15) is 0 Å². The van der Waals surface area contributed by atoms with Gasteiger partial charge in [-0.3, -0.25) is 0 Å². The van der Waals surface area contributed by atoms with Gasteiger partial charge in [0, 0.05) is 22.3 Å². The molecule has 0 N–H and O–H groups in total. The summed E-state index contributed by atoms with van der Waals surface area (Å²) in [6, 6.07) is 18.1. The molecule has 0 bridgehead atoms. The minimum Gasteiger partial charge on any atom is -0.236 e. The average molecular weight is 320 g/mol. The van der Waals surface area contributed by atoms with E-state index in [1.54, 1.807) is 0 Å². The van der Waals surface area contributed by atoms with Crippen LogP contribution in [0.1, 0.15) is 5.56 Å². The minimum absolute atomic E-state index is 0.705. The molecule has 0 saturated carbocycles. The second-order valence-corrected chi connectivity index (χ2v) is 5.94. The van der Waals surface area contributed by atoms with Crippen molar-refractivity contribution < 1.29 is 0 Å². The smallest absolute Gasteiger partial charge is 0.163 e. The Morgan fingerprint density at radius 1 is 0.957 bits per heavy atom. The first kappa shape index (κ1) is 14.0. The first-order chi connectivity index (χ1) is 11.2. The van der Waals surface area contributed by atoms with Crippen molar-refractivity contribution in [2.75, 3.05) is 0 Å². The molecule has 0 aliphatic rings. The van der Waals surface area contributed by atoms with Gasteiger partial charge in [0.2, 0.25) is 0 Å². The molecule has 0 unspecified atom stereocenters. The largest absolute Gasteiger partial charge is 0.236 e. The van der Waals surface area contributed by atoms with Gasteiger partial charge in [0.15, 0.2) is 5.65 Å². The number of fused-ring (bicyclic) bond motifs is 1.